The molecule has 2 aromatic heterocycles. The molecule has 3 aliphatic rings. The van der Waals surface area contributed by atoms with Crippen molar-refractivity contribution in [2.24, 2.45) is 5.41 Å². The van der Waals surface area contributed by atoms with Crippen LogP contribution in [0.2, 0.25) is 0 Å². The van der Waals surface area contributed by atoms with E-state index in [1.165, 1.54) is 23.9 Å². The molecule has 1 aromatic carbocycles. The largest absolute Gasteiger partial charge is 0.357 e. The van der Waals surface area contributed by atoms with Gasteiger partial charge in [-0.05, 0) is 80.1 Å². The van der Waals surface area contributed by atoms with E-state index in [2.05, 4.69) is 28.0 Å². The van der Waals surface area contributed by atoms with E-state index in [0.29, 0.717) is 19.5 Å². The highest BCUT2D eigenvalue weighted by atomic mass is 32.2. The first-order valence-corrected chi connectivity index (χ1v) is 14.1. The van der Waals surface area contributed by atoms with E-state index < -0.39 is 10.0 Å². The molecule has 0 amide bonds. The Kier molecular flexibility index (Phi) is 5.72. The molecule has 7 nitrogen and oxygen atoms in total. The lowest BCUT2D eigenvalue weighted by molar-refractivity contribution is 0.204. The number of anilines is 1. The number of hydrogen-bond donors (Lipinski definition) is 0. The van der Waals surface area contributed by atoms with Gasteiger partial charge in [-0.2, -0.15) is 9.40 Å². The summed E-state index contributed by atoms with van der Waals surface area (Å²) in [6.45, 7) is 4.94. The van der Waals surface area contributed by atoms with E-state index in [4.69, 9.17) is 0 Å². The summed E-state index contributed by atoms with van der Waals surface area (Å²) >= 11 is 0. The van der Waals surface area contributed by atoms with Crippen molar-refractivity contribution in [3.8, 4) is 5.69 Å². The van der Waals surface area contributed by atoms with E-state index in [0.717, 1.165) is 61.5 Å². The third-order valence-corrected chi connectivity index (χ3v) is 9.88. The molecule has 188 valence electrons. The van der Waals surface area contributed by atoms with Crippen LogP contribution in [0.15, 0.2) is 59.3 Å². The van der Waals surface area contributed by atoms with Gasteiger partial charge in [0.2, 0.25) is 10.0 Å². The van der Waals surface area contributed by atoms with Gasteiger partial charge in [-0.15, -0.1) is 0 Å². The van der Waals surface area contributed by atoms with Crippen molar-refractivity contribution in [2.75, 3.05) is 31.1 Å². The molecule has 0 spiro atoms. The molecule has 9 heteroatoms. The monoisotopic (exact) mass is 507 g/mol. The van der Waals surface area contributed by atoms with Crippen LogP contribution < -0.4 is 4.90 Å². The maximum atomic E-state index is 13.6. The summed E-state index contributed by atoms with van der Waals surface area (Å²) in [6, 6.07) is 9.85. The fourth-order valence-electron chi connectivity index (χ4n) is 5.90. The first-order chi connectivity index (χ1) is 17.4. The summed E-state index contributed by atoms with van der Waals surface area (Å²) in [4.78, 5) is 6.94. The first-order valence-electron chi connectivity index (χ1n) is 12.6. The minimum atomic E-state index is -3.65. The smallest absolute Gasteiger partial charge is 0.244 e. The van der Waals surface area contributed by atoms with Crippen molar-refractivity contribution in [1.82, 2.24) is 19.1 Å². The number of pyridine rings is 1. The third-order valence-electron chi connectivity index (χ3n) is 8.05. The number of rotatable bonds is 5. The van der Waals surface area contributed by atoms with Gasteiger partial charge < -0.3 is 4.90 Å². The highest BCUT2D eigenvalue weighted by Crippen LogP contribution is 2.47. The number of piperidine rings is 1. The van der Waals surface area contributed by atoms with Crippen LogP contribution in [0.5, 0.6) is 0 Å². The second kappa shape index (κ2) is 8.81. The van der Waals surface area contributed by atoms with E-state index in [-0.39, 0.29) is 16.1 Å². The minimum absolute atomic E-state index is 0.254. The van der Waals surface area contributed by atoms with Gasteiger partial charge in [0.15, 0.2) is 0 Å². The Balaban J connectivity index is 1.27. The molecule has 0 radical (unpaired) electrons. The van der Waals surface area contributed by atoms with Crippen LogP contribution >= 0.6 is 0 Å². The lowest BCUT2D eigenvalue weighted by Crippen LogP contribution is -2.49. The van der Waals surface area contributed by atoms with Crippen LogP contribution in [0.4, 0.5) is 10.2 Å². The molecule has 1 atom stereocenters. The summed E-state index contributed by atoms with van der Waals surface area (Å²) in [5, 5.41) is 4.58. The van der Waals surface area contributed by atoms with Crippen molar-refractivity contribution in [2.45, 2.75) is 43.9 Å². The van der Waals surface area contributed by atoms with Crippen LogP contribution in [0.3, 0.4) is 0 Å². The predicted molar refractivity (Wildman–Crippen MR) is 137 cm³/mol. The van der Waals surface area contributed by atoms with Crippen LogP contribution in [0, 0.1) is 11.2 Å². The average Bonchev–Trinajstić information content (AvgIpc) is 3.58. The Hall–Kier alpha value is -3.04. The van der Waals surface area contributed by atoms with Gasteiger partial charge in [0.05, 0.1) is 17.6 Å². The van der Waals surface area contributed by atoms with E-state index in [9.17, 15) is 12.8 Å². The van der Waals surface area contributed by atoms with Gasteiger partial charge in [-0.25, -0.2) is 22.5 Å². The second-order valence-electron chi connectivity index (χ2n) is 10.1. The lowest BCUT2D eigenvalue weighted by atomic mass is 9.67. The molecule has 2 aliphatic heterocycles. The minimum Gasteiger partial charge on any atom is -0.357 e. The highest BCUT2D eigenvalue weighted by Gasteiger charge is 2.45. The molecule has 0 bridgehead atoms. The van der Waals surface area contributed by atoms with Gasteiger partial charge in [0.25, 0.3) is 0 Å². The number of halogens is 1. The normalized spacial score (nSPS) is 22.3. The molecular weight excluding hydrogens is 477 g/mol. The second-order valence-corrected chi connectivity index (χ2v) is 12.0. The number of fused-ring (bicyclic) bond motifs is 2. The Labute approximate surface area is 211 Å². The zero-order valence-electron chi connectivity index (χ0n) is 20.4. The van der Waals surface area contributed by atoms with Gasteiger partial charge >= 0.3 is 0 Å². The van der Waals surface area contributed by atoms with Crippen molar-refractivity contribution >= 4 is 21.9 Å². The molecular formula is C27H30FN5O2S. The molecule has 3 aromatic rings. The molecule has 6 rings (SSSR count). The molecule has 2 fully saturated rings. The quantitative estimate of drug-likeness (QED) is 0.511. The fraction of sp³-hybridized carbons (Fsp3) is 0.407. The fourth-order valence-corrected chi connectivity index (χ4v) is 7.37. The highest BCUT2D eigenvalue weighted by molar-refractivity contribution is 7.89. The summed E-state index contributed by atoms with van der Waals surface area (Å²) in [5.41, 5.74) is 3.89. The average molecular weight is 508 g/mol. The number of nitrogens with zero attached hydrogens (tertiary/aromatic N) is 5. The van der Waals surface area contributed by atoms with E-state index in [1.54, 1.807) is 22.5 Å². The maximum Gasteiger partial charge on any atom is 0.244 e. The Morgan fingerprint density at radius 2 is 1.81 bits per heavy atom. The summed E-state index contributed by atoms with van der Waals surface area (Å²) < 4.78 is 44.2. The van der Waals surface area contributed by atoms with Crippen LogP contribution in [-0.2, 0) is 16.4 Å². The van der Waals surface area contributed by atoms with Gasteiger partial charge in [0.1, 0.15) is 16.5 Å². The Bertz CT molecular complexity index is 1410. The van der Waals surface area contributed by atoms with Gasteiger partial charge in [-0.1, -0.05) is 12.5 Å². The van der Waals surface area contributed by atoms with E-state index in [1.807, 2.05) is 16.9 Å². The Morgan fingerprint density at radius 1 is 1.03 bits per heavy atom. The number of benzene rings is 1. The number of hydrogen-bond acceptors (Lipinski definition) is 5. The Morgan fingerprint density at radius 3 is 2.50 bits per heavy atom. The van der Waals surface area contributed by atoms with Crippen molar-refractivity contribution in [3.05, 3.63) is 71.4 Å². The molecule has 36 heavy (non-hydrogen) atoms. The summed E-state index contributed by atoms with van der Waals surface area (Å²) in [6.07, 6.45) is 10.1. The topological polar surface area (TPSA) is 71.3 Å². The molecule has 1 aliphatic carbocycles. The standard InChI is InChI=1S/C27H30FN5O2S/c1-2-27-16-20-17-30-33(23-7-5-22(28)6-8-23)25(20)15-21(27)11-14-32(19-27)36(34,35)24-9-10-26(29-18-24)31-12-3-4-13-31/h5-10,15,17-18H,2-4,11-14,16,19H2,1H3/t27-/m1/s1. The molecule has 2 saturated heterocycles. The zero-order valence-corrected chi connectivity index (χ0v) is 21.2. The first kappa shape index (κ1) is 23.4. The van der Waals surface area contributed by atoms with Crippen molar-refractivity contribution in [3.63, 3.8) is 0 Å². The molecule has 0 N–H and O–H groups in total. The van der Waals surface area contributed by atoms with Crippen LogP contribution in [0.25, 0.3) is 11.8 Å². The predicted octanol–water partition coefficient (Wildman–Crippen LogP) is 4.44. The van der Waals surface area contributed by atoms with E-state index >= 15 is 0 Å². The molecule has 4 heterocycles. The summed E-state index contributed by atoms with van der Waals surface area (Å²) in [7, 11) is -3.65. The molecule has 0 saturated carbocycles. The van der Waals surface area contributed by atoms with Crippen molar-refractivity contribution in [1.29, 1.82) is 0 Å². The van der Waals surface area contributed by atoms with Gasteiger partial charge in [-0.3, -0.25) is 0 Å². The lowest BCUT2D eigenvalue weighted by Gasteiger charge is -2.45. The summed E-state index contributed by atoms with van der Waals surface area (Å²) in [5.74, 6) is 0.566. The van der Waals surface area contributed by atoms with Crippen LogP contribution in [0.1, 0.15) is 43.9 Å². The van der Waals surface area contributed by atoms with Gasteiger partial charge in [0, 0.05) is 37.8 Å². The number of aromatic nitrogens is 3. The van der Waals surface area contributed by atoms with Crippen molar-refractivity contribution < 1.29 is 12.8 Å². The zero-order chi connectivity index (χ0) is 24.9. The SMILES string of the molecule is CC[C@]12Cc3cnn(-c4ccc(F)cc4)c3C=C1CCN(S(=O)(=O)c1ccc(N3CCCC3)nc1)C2. The number of sulfonamides is 1. The maximum absolute atomic E-state index is 13.6. The van der Waals surface area contributed by atoms with Crippen LogP contribution in [-0.4, -0.2) is 53.7 Å². The molecule has 0 unspecified atom stereocenters. The third kappa shape index (κ3) is 3.85.